The van der Waals surface area contributed by atoms with Crippen LogP contribution in [0.5, 0.6) is 0 Å². The Balaban J connectivity index is 2.26. The zero-order valence-electron chi connectivity index (χ0n) is 10.4. The van der Waals surface area contributed by atoms with Crippen molar-refractivity contribution in [2.75, 3.05) is 18.5 Å². The number of hydrogen-bond donors (Lipinski definition) is 1. The van der Waals surface area contributed by atoms with Gasteiger partial charge in [-0.2, -0.15) is 0 Å². The standard InChI is InChI=1S/C15H17BrN2/c1-18(13-5-3-2-4-6-13)14-8-7-12(9-10-17)15(16)11-14/h2-8,11H,9-10,17H2,1H3. The zero-order chi connectivity index (χ0) is 13.0. The second-order valence-corrected chi connectivity index (χ2v) is 5.06. The van der Waals surface area contributed by atoms with Crippen molar-refractivity contribution in [3.05, 3.63) is 58.6 Å². The highest BCUT2D eigenvalue weighted by Gasteiger charge is 2.06. The molecule has 2 rings (SSSR count). The van der Waals surface area contributed by atoms with Gasteiger partial charge in [0.05, 0.1) is 0 Å². The highest BCUT2D eigenvalue weighted by molar-refractivity contribution is 9.10. The number of benzene rings is 2. The molecule has 0 unspecified atom stereocenters. The van der Waals surface area contributed by atoms with Crippen LogP contribution in [0.1, 0.15) is 5.56 Å². The molecule has 0 saturated heterocycles. The molecule has 3 heteroatoms. The Morgan fingerprint density at radius 2 is 1.78 bits per heavy atom. The van der Waals surface area contributed by atoms with E-state index in [1.54, 1.807) is 0 Å². The summed E-state index contributed by atoms with van der Waals surface area (Å²) < 4.78 is 1.12. The van der Waals surface area contributed by atoms with Crippen molar-refractivity contribution in [1.82, 2.24) is 0 Å². The molecule has 0 aliphatic rings. The van der Waals surface area contributed by atoms with E-state index in [4.69, 9.17) is 5.73 Å². The van der Waals surface area contributed by atoms with E-state index in [0.29, 0.717) is 6.54 Å². The van der Waals surface area contributed by atoms with Crippen LogP contribution < -0.4 is 10.6 Å². The number of nitrogens with zero attached hydrogens (tertiary/aromatic N) is 1. The Morgan fingerprint density at radius 1 is 1.06 bits per heavy atom. The maximum absolute atomic E-state index is 5.59. The van der Waals surface area contributed by atoms with Crippen molar-refractivity contribution >= 4 is 27.3 Å². The molecular formula is C15H17BrN2. The van der Waals surface area contributed by atoms with Gasteiger partial charge in [0, 0.05) is 22.9 Å². The Kier molecular flexibility index (Phi) is 4.39. The number of hydrogen-bond acceptors (Lipinski definition) is 2. The third-order valence-corrected chi connectivity index (χ3v) is 3.72. The lowest BCUT2D eigenvalue weighted by molar-refractivity contribution is 0.962. The lowest BCUT2D eigenvalue weighted by atomic mass is 10.1. The first-order valence-corrected chi connectivity index (χ1v) is 6.79. The number of para-hydroxylation sites is 1. The van der Waals surface area contributed by atoms with Gasteiger partial charge in [-0.15, -0.1) is 0 Å². The van der Waals surface area contributed by atoms with E-state index in [2.05, 4.69) is 58.2 Å². The van der Waals surface area contributed by atoms with Crippen molar-refractivity contribution in [3.63, 3.8) is 0 Å². The van der Waals surface area contributed by atoms with Crippen LogP contribution in [0.3, 0.4) is 0 Å². The summed E-state index contributed by atoms with van der Waals surface area (Å²) in [5.74, 6) is 0. The minimum Gasteiger partial charge on any atom is -0.345 e. The molecule has 18 heavy (non-hydrogen) atoms. The Morgan fingerprint density at radius 3 is 2.39 bits per heavy atom. The minimum absolute atomic E-state index is 0.673. The van der Waals surface area contributed by atoms with Gasteiger partial charge in [-0.25, -0.2) is 0 Å². The molecule has 2 N–H and O–H groups in total. The van der Waals surface area contributed by atoms with E-state index in [-0.39, 0.29) is 0 Å². The molecule has 0 aromatic heterocycles. The lowest BCUT2D eigenvalue weighted by Gasteiger charge is -2.20. The van der Waals surface area contributed by atoms with Crippen LogP contribution in [-0.2, 0) is 6.42 Å². The average molecular weight is 305 g/mol. The molecule has 0 aliphatic heterocycles. The normalized spacial score (nSPS) is 10.4. The van der Waals surface area contributed by atoms with Crippen LogP contribution in [0.15, 0.2) is 53.0 Å². The summed E-state index contributed by atoms with van der Waals surface area (Å²) in [6.07, 6.45) is 0.899. The fourth-order valence-corrected chi connectivity index (χ4v) is 2.47. The molecule has 2 aromatic rings. The lowest BCUT2D eigenvalue weighted by Crippen LogP contribution is -2.10. The van der Waals surface area contributed by atoms with E-state index >= 15 is 0 Å². The summed E-state index contributed by atoms with van der Waals surface area (Å²) in [4.78, 5) is 2.16. The van der Waals surface area contributed by atoms with Crippen LogP contribution in [-0.4, -0.2) is 13.6 Å². The topological polar surface area (TPSA) is 29.3 Å². The first kappa shape index (κ1) is 13.1. The monoisotopic (exact) mass is 304 g/mol. The third kappa shape index (κ3) is 2.92. The zero-order valence-corrected chi connectivity index (χ0v) is 12.0. The first-order chi connectivity index (χ1) is 8.72. The van der Waals surface area contributed by atoms with E-state index in [0.717, 1.165) is 16.6 Å². The molecule has 0 heterocycles. The molecule has 0 bridgehead atoms. The van der Waals surface area contributed by atoms with E-state index < -0.39 is 0 Å². The quantitative estimate of drug-likeness (QED) is 0.933. The molecule has 0 fully saturated rings. The van der Waals surface area contributed by atoms with E-state index in [9.17, 15) is 0 Å². The van der Waals surface area contributed by atoms with Gasteiger partial charge in [-0.1, -0.05) is 40.2 Å². The smallest absolute Gasteiger partial charge is 0.0419 e. The van der Waals surface area contributed by atoms with Gasteiger partial charge in [-0.3, -0.25) is 0 Å². The Labute approximate surface area is 117 Å². The number of rotatable bonds is 4. The van der Waals surface area contributed by atoms with Gasteiger partial charge in [0.1, 0.15) is 0 Å². The summed E-state index contributed by atoms with van der Waals surface area (Å²) in [5.41, 5.74) is 9.18. The third-order valence-electron chi connectivity index (χ3n) is 2.98. The number of nitrogens with two attached hydrogens (primary N) is 1. The molecule has 0 saturated carbocycles. The fourth-order valence-electron chi connectivity index (χ4n) is 1.90. The van der Waals surface area contributed by atoms with Crippen LogP contribution in [0.4, 0.5) is 11.4 Å². The minimum atomic E-state index is 0.673. The van der Waals surface area contributed by atoms with E-state index in [1.165, 1.54) is 11.3 Å². The molecule has 2 nitrogen and oxygen atoms in total. The maximum Gasteiger partial charge on any atom is 0.0419 e. The fraction of sp³-hybridized carbons (Fsp3) is 0.200. The predicted molar refractivity (Wildman–Crippen MR) is 81.4 cm³/mol. The van der Waals surface area contributed by atoms with Crippen LogP contribution in [0, 0.1) is 0 Å². The molecule has 0 atom stereocenters. The molecule has 94 valence electrons. The average Bonchev–Trinajstić information content (AvgIpc) is 2.41. The maximum atomic E-state index is 5.59. The van der Waals surface area contributed by atoms with Gasteiger partial charge < -0.3 is 10.6 Å². The first-order valence-electron chi connectivity index (χ1n) is 5.99. The summed E-state index contributed by atoms with van der Waals surface area (Å²) >= 11 is 3.61. The van der Waals surface area contributed by atoms with Gasteiger partial charge in [0.15, 0.2) is 0 Å². The van der Waals surface area contributed by atoms with Crippen molar-refractivity contribution in [2.24, 2.45) is 5.73 Å². The summed E-state index contributed by atoms with van der Waals surface area (Å²) in [5, 5.41) is 0. The number of halogens is 1. The SMILES string of the molecule is CN(c1ccccc1)c1ccc(CCN)c(Br)c1. The summed E-state index contributed by atoms with van der Waals surface area (Å²) in [6.45, 7) is 0.673. The Bertz CT molecular complexity index is 511. The van der Waals surface area contributed by atoms with Crippen LogP contribution >= 0.6 is 15.9 Å². The van der Waals surface area contributed by atoms with Crippen molar-refractivity contribution in [1.29, 1.82) is 0 Å². The van der Waals surface area contributed by atoms with Gasteiger partial charge in [0.2, 0.25) is 0 Å². The predicted octanol–water partition coefficient (Wildman–Crippen LogP) is 3.72. The van der Waals surface area contributed by atoms with Crippen molar-refractivity contribution < 1.29 is 0 Å². The molecule has 0 spiro atoms. The van der Waals surface area contributed by atoms with Gasteiger partial charge in [-0.05, 0) is 42.8 Å². The van der Waals surface area contributed by atoms with Crippen LogP contribution in [0.25, 0.3) is 0 Å². The molecular weight excluding hydrogens is 288 g/mol. The second kappa shape index (κ2) is 6.03. The summed E-state index contributed by atoms with van der Waals surface area (Å²) in [7, 11) is 2.07. The van der Waals surface area contributed by atoms with Crippen molar-refractivity contribution in [3.8, 4) is 0 Å². The Hall–Kier alpha value is -1.32. The summed E-state index contributed by atoms with van der Waals surface area (Å²) in [6, 6.07) is 16.7. The second-order valence-electron chi connectivity index (χ2n) is 4.21. The van der Waals surface area contributed by atoms with Gasteiger partial charge in [0.25, 0.3) is 0 Å². The van der Waals surface area contributed by atoms with E-state index in [1.807, 2.05) is 18.2 Å². The molecule has 2 aromatic carbocycles. The van der Waals surface area contributed by atoms with Crippen LogP contribution in [0.2, 0.25) is 0 Å². The van der Waals surface area contributed by atoms with Crippen molar-refractivity contribution in [2.45, 2.75) is 6.42 Å². The van der Waals surface area contributed by atoms with Gasteiger partial charge >= 0.3 is 0 Å². The largest absolute Gasteiger partial charge is 0.345 e. The molecule has 0 aliphatic carbocycles. The molecule has 0 radical (unpaired) electrons. The molecule has 0 amide bonds. The number of anilines is 2. The highest BCUT2D eigenvalue weighted by atomic mass is 79.9. The highest BCUT2D eigenvalue weighted by Crippen LogP contribution is 2.28.